The summed E-state index contributed by atoms with van der Waals surface area (Å²) in [7, 11) is 0. The number of hydrogen-bond donors (Lipinski definition) is 1. The molecule has 0 saturated carbocycles. The number of benzene rings is 1. The number of amides is 1. The number of nitrogens with zero attached hydrogens (tertiary/aromatic N) is 3. The highest BCUT2D eigenvalue weighted by atomic mass is 32.2. The van der Waals surface area contributed by atoms with Crippen molar-refractivity contribution < 1.29 is 4.79 Å². The molecule has 0 spiro atoms. The van der Waals surface area contributed by atoms with Gasteiger partial charge in [-0.05, 0) is 38.2 Å². The monoisotopic (exact) mass is 376 g/mol. The van der Waals surface area contributed by atoms with E-state index >= 15 is 0 Å². The number of nitrogens with one attached hydrogen (secondary N) is 1. The third-order valence-electron chi connectivity index (χ3n) is 4.23. The van der Waals surface area contributed by atoms with Crippen LogP contribution in [0.1, 0.15) is 31.7 Å². The zero-order chi connectivity index (χ0) is 17.5. The molecule has 0 radical (unpaired) electrons. The van der Waals surface area contributed by atoms with Crippen LogP contribution in [0.25, 0.3) is 0 Å². The molecule has 1 aromatic carbocycles. The number of anilines is 1. The van der Waals surface area contributed by atoms with E-state index in [-0.39, 0.29) is 11.2 Å². The predicted octanol–water partition coefficient (Wildman–Crippen LogP) is 3.69. The van der Waals surface area contributed by atoms with Crippen LogP contribution in [0.3, 0.4) is 0 Å². The van der Waals surface area contributed by atoms with Crippen molar-refractivity contribution in [2.45, 2.75) is 42.2 Å². The van der Waals surface area contributed by atoms with Crippen LogP contribution < -0.4 is 5.32 Å². The summed E-state index contributed by atoms with van der Waals surface area (Å²) in [6.45, 7) is 4.58. The van der Waals surface area contributed by atoms with Gasteiger partial charge in [0.05, 0.1) is 5.25 Å². The third kappa shape index (κ3) is 5.44. The van der Waals surface area contributed by atoms with Crippen LogP contribution in [-0.4, -0.2) is 45.9 Å². The first kappa shape index (κ1) is 18.2. The Bertz CT molecular complexity index is 671. The Morgan fingerprint density at radius 2 is 2.00 bits per heavy atom. The van der Waals surface area contributed by atoms with Crippen LogP contribution in [0.4, 0.5) is 5.13 Å². The molecule has 1 saturated heterocycles. The van der Waals surface area contributed by atoms with E-state index in [9.17, 15) is 4.79 Å². The van der Waals surface area contributed by atoms with Crippen LogP contribution in [0.5, 0.6) is 0 Å². The highest BCUT2D eigenvalue weighted by Crippen LogP contribution is 2.30. The second-order valence-electron chi connectivity index (χ2n) is 6.18. The van der Waals surface area contributed by atoms with Crippen molar-refractivity contribution in [3.63, 3.8) is 0 Å². The van der Waals surface area contributed by atoms with E-state index in [0.717, 1.165) is 48.4 Å². The van der Waals surface area contributed by atoms with E-state index < -0.39 is 0 Å². The Morgan fingerprint density at radius 1 is 1.24 bits per heavy atom. The predicted molar refractivity (Wildman–Crippen MR) is 104 cm³/mol. The van der Waals surface area contributed by atoms with E-state index in [1.165, 1.54) is 35.1 Å². The van der Waals surface area contributed by atoms with Gasteiger partial charge in [-0.25, -0.2) is 0 Å². The van der Waals surface area contributed by atoms with E-state index in [1.807, 2.05) is 17.9 Å². The fraction of sp³-hybridized carbons (Fsp3) is 0.500. The fourth-order valence-electron chi connectivity index (χ4n) is 2.86. The average molecular weight is 377 g/mol. The quantitative estimate of drug-likeness (QED) is 0.747. The summed E-state index contributed by atoms with van der Waals surface area (Å²) in [5.74, 6) is 0.221. The lowest BCUT2D eigenvalue weighted by molar-refractivity contribution is -0.131. The van der Waals surface area contributed by atoms with Gasteiger partial charge in [-0.3, -0.25) is 4.79 Å². The number of carbonyl (C=O) groups excluding carboxylic acids is 1. The fourth-order valence-corrected chi connectivity index (χ4v) is 4.87. The number of aromatic nitrogens is 2. The van der Waals surface area contributed by atoms with Gasteiger partial charge in [-0.15, -0.1) is 10.2 Å². The maximum absolute atomic E-state index is 12.5. The van der Waals surface area contributed by atoms with Crippen LogP contribution in [0.2, 0.25) is 0 Å². The minimum Gasteiger partial charge on any atom is -0.360 e. The summed E-state index contributed by atoms with van der Waals surface area (Å²) in [6, 6.07) is 10.4. The summed E-state index contributed by atoms with van der Waals surface area (Å²) in [5.41, 5.74) is 1.30. The van der Waals surface area contributed by atoms with E-state index in [0.29, 0.717) is 0 Å². The van der Waals surface area contributed by atoms with Gasteiger partial charge >= 0.3 is 0 Å². The maximum Gasteiger partial charge on any atom is 0.235 e. The van der Waals surface area contributed by atoms with Gasteiger partial charge in [0.2, 0.25) is 11.0 Å². The Balaban J connectivity index is 1.45. The van der Waals surface area contributed by atoms with Crippen molar-refractivity contribution in [2.24, 2.45) is 0 Å². The lowest BCUT2D eigenvalue weighted by Gasteiger charge is -2.28. The minimum atomic E-state index is -0.108. The molecule has 5 nitrogen and oxygen atoms in total. The van der Waals surface area contributed by atoms with E-state index in [1.54, 1.807) is 0 Å². The van der Waals surface area contributed by atoms with Gasteiger partial charge in [-0.1, -0.05) is 53.4 Å². The van der Waals surface area contributed by atoms with Crippen LogP contribution in [-0.2, 0) is 11.2 Å². The van der Waals surface area contributed by atoms with Crippen molar-refractivity contribution in [2.75, 3.05) is 25.0 Å². The molecule has 134 valence electrons. The number of hydrogen-bond acceptors (Lipinski definition) is 6. The van der Waals surface area contributed by atoms with Crippen LogP contribution in [0, 0.1) is 0 Å². The molecule has 2 aromatic rings. The van der Waals surface area contributed by atoms with Gasteiger partial charge in [0, 0.05) is 19.6 Å². The molecule has 3 rings (SSSR count). The second kappa shape index (κ2) is 9.20. The van der Waals surface area contributed by atoms with Crippen LogP contribution >= 0.6 is 23.1 Å². The number of thioether (sulfide) groups is 1. The van der Waals surface area contributed by atoms with Crippen molar-refractivity contribution >= 4 is 34.1 Å². The number of carbonyl (C=O) groups is 1. The molecule has 1 aromatic heterocycles. The smallest absolute Gasteiger partial charge is 0.235 e. The lowest BCUT2D eigenvalue weighted by atomic mass is 10.1. The molecule has 7 heteroatoms. The molecule has 0 bridgehead atoms. The van der Waals surface area contributed by atoms with Gasteiger partial charge in [0.25, 0.3) is 0 Å². The van der Waals surface area contributed by atoms with Gasteiger partial charge in [0.15, 0.2) is 4.34 Å². The molecule has 0 aliphatic carbocycles. The maximum atomic E-state index is 12.5. The largest absolute Gasteiger partial charge is 0.360 e. The Morgan fingerprint density at radius 3 is 2.76 bits per heavy atom. The Labute approximate surface area is 157 Å². The average Bonchev–Trinajstić information content (AvgIpc) is 3.10. The van der Waals surface area contributed by atoms with E-state index in [4.69, 9.17) is 0 Å². The summed E-state index contributed by atoms with van der Waals surface area (Å²) in [5, 5.41) is 12.4. The highest BCUT2D eigenvalue weighted by molar-refractivity contribution is 8.02. The van der Waals surface area contributed by atoms with Crippen molar-refractivity contribution in [3.05, 3.63) is 35.9 Å². The first-order valence-electron chi connectivity index (χ1n) is 8.79. The summed E-state index contributed by atoms with van der Waals surface area (Å²) >= 11 is 3.03. The summed E-state index contributed by atoms with van der Waals surface area (Å²) in [4.78, 5) is 14.5. The Hall–Kier alpha value is -1.60. The molecular weight excluding hydrogens is 352 g/mol. The van der Waals surface area contributed by atoms with Crippen molar-refractivity contribution in [1.82, 2.24) is 15.1 Å². The lowest BCUT2D eigenvalue weighted by Crippen LogP contribution is -2.40. The zero-order valence-electron chi connectivity index (χ0n) is 14.5. The molecular formula is C18H24N4OS2. The first-order chi connectivity index (χ1) is 12.2. The molecule has 1 fully saturated rings. The third-order valence-corrected chi connectivity index (χ3v) is 6.29. The topological polar surface area (TPSA) is 58.1 Å². The molecule has 1 amide bonds. The molecule has 1 aliphatic heterocycles. The van der Waals surface area contributed by atoms with Crippen LogP contribution in [0.15, 0.2) is 34.7 Å². The molecule has 1 aliphatic rings. The van der Waals surface area contributed by atoms with Gasteiger partial charge in [-0.2, -0.15) is 0 Å². The molecule has 25 heavy (non-hydrogen) atoms. The summed E-state index contributed by atoms with van der Waals surface area (Å²) < 4.78 is 0.847. The highest BCUT2D eigenvalue weighted by Gasteiger charge is 2.24. The van der Waals surface area contributed by atoms with E-state index in [2.05, 4.69) is 39.8 Å². The molecule has 2 heterocycles. The van der Waals surface area contributed by atoms with Crippen molar-refractivity contribution in [3.8, 4) is 0 Å². The van der Waals surface area contributed by atoms with Gasteiger partial charge < -0.3 is 10.2 Å². The first-order valence-corrected chi connectivity index (χ1v) is 10.5. The molecule has 1 atom stereocenters. The normalized spacial score (nSPS) is 15.8. The number of rotatable bonds is 7. The molecule has 1 N–H and O–H groups in total. The minimum absolute atomic E-state index is 0.108. The number of piperidine rings is 1. The van der Waals surface area contributed by atoms with Crippen molar-refractivity contribution in [1.29, 1.82) is 0 Å². The summed E-state index contributed by atoms with van der Waals surface area (Å²) in [6.07, 6.45) is 4.43. The zero-order valence-corrected chi connectivity index (χ0v) is 16.1. The van der Waals surface area contributed by atoms with Gasteiger partial charge in [0.1, 0.15) is 0 Å². The molecule has 0 unspecified atom stereocenters. The Kier molecular flexibility index (Phi) is 6.69. The standard InChI is InChI=1S/C18H24N4OS2/c1-14(16(23)22-12-6-3-7-13-22)24-18-21-20-17(25-18)19-11-10-15-8-4-2-5-9-15/h2,4-5,8-9,14H,3,6-7,10-13H2,1H3,(H,19,20)/t14-/m0/s1. The SMILES string of the molecule is C[C@H](Sc1nnc(NCCc2ccccc2)s1)C(=O)N1CCCCC1. The number of likely N-dealkylation sites (tertiary alicyclic amines) is 1. The second-order valence-corrected chi connectivity index (χ2v) is 8.75.